The maximum absolute atomic E-state index is 11.7. The molecule has 0 aliphatic carbocycles. The van der Waals surface area contributed by atoms with Gasteiger partial charge in [-0.3, -0.25) is 4.57 Å². The highest BCUT2D eigenvalue weighted by Crippen LogP contribution is 2.27. The number of ether oxygens (including phenoxy) is 1. The Morgan fingerprint density at radius 1 is 1.00 bits per heavy atom. The van der Waals surface area contributed by atoms with Gasteiger partial charge >= 0.3 is 0 Å². The number of anilines is 1. The maximum Gasteiger partial charge on any atom is 0.175 e. The quantitative estimate of drug-likeness (QED) is 0.708. The second kappa shape index (κ2) is 6.41. The van der Waals surface area contributed by atoms with Crippen LogP contribution in [0.5, 0.6) is 0 Å². The highest BCUT2D eigenvalue weighted by Gasteiger charge is 2.15. The molecule has 1 aliphatic rings. The Hall–Kier alpha value is -2.38. The smallest absolute Gasteiger partial charge is 0.175 e. The lowest BCUT2D eigenvalue weighted by Gasteiger charge is -2.28. The second-order valence-corrected chi connectivity index (χ2v) is 8.55. The minimum Gasteiger partial charge on any atom is -0.378 e. The monoisotopic (exact) mass is 371 g/mol. The van der Waals surface area contributed by atoms with E-state index in [9.17, 15) is 8.42 Å². The Balaban J connectivity index is 1.80. The van der Waals surface area contributed by atoms with E-state index >= 15 is 0 Å². The summed E-state index contributed by atoms with van der Waals surface area (Å²) in [5.41, 5.74) is 3.98. The van der Waals surface area contributed by atoms with Gasteiger partial charge in [-0.1, -0.05) is 0 Å². The molecule has 26 heavy (non-hydrogen) atoms. The molecule has 0 N–H and O–H groups in total. The predicted octanol–water partition coefficient (Wildman–Crippen LogP) is 2.57. The van der Waals surface area contributed by atoms with Gasteiger partial charge < -0.3 is 9.64 Å². The molecule has 6 nitrogen and oxygen atoms in total. The van der Waals surface area contributed by atoms with Gasteiger partial charge in [-0.05, 0) is 49.4 Å². The van der Waals surface area contributed by atoms with E-state index in [1.807, 2.05) is 25.1 Å². The summed E-state index contributed by atoms with van der Waals surface area (Å²) in [4.78, 5) is 7.27. The van der Waals surface area contributed by atoms with E-state index in [0.29, 0.717) is 4.90 Å². The molecule has 2 aromatic carbocycles. The molecule has 4 rings (SSSR count). The van der Waals surface area contributed by atoms with Crippen LogP contribution >= 0.6 is 0 Å². The average Bonchev–Trinajstić information content (AvgIpc) is 2.96. The standard InChI is InChI=1S/C19H21N3O3S/c1-14-20-18-8-5-16(21-9-11-25-12-10-21)13-19(18)22(14)15-3-6-17(7-4-15)26(2,23)24/h3-8,13H,9-12H2,1-2H3. The zero-order chi connectivity index (χ0) is 18.3. The van der Waals surface area contributed by atoms with Crippen molar-refractivity contribution in [3.63, 3.8) is 0 Å². The molecule has 136 valence electrons. The molecular formula is C19H21N3O3S. The lowest BCUT2D eigenvalue weighted by molar-refractivity contribution is 0.122. The first kappa shape index (κ1) is 17.1. The zero-order valence-corrected chi connectivity index (χ0v) is 15.7. The van der Waals surface area contributed by atoms with E-state index in [-0.39, 0.29) is 0 Å². The van der Waals surface area contributed by atoms with Gasteiger partial charge in [0, 0.05) is 30.7 Å². The summed E-state index contributed by atoms with van der Waals surface area (Å²) < 4.78 is 30.9. The molecule has 0 spiro atoms. The van der Waals surface area contributed by atoms with E-state index in [4.69, 9.17) is 4.74 Å². The Morgan fingerprint density at radius 3 is 2.31 bits per heavy atom. The van der Waals surface area contributed by atoms with E-state index in [0.717, 1.165) is 54.5 Å². The summed E-state index contributed by atoms with van der Waals surface area (Å²) in [6.45, 7) is 5.19. The van der Waals surface area contributed by atoms with Crippen LogP contribution < -0.4 is 4.90 Å². The van der Waals surface area contributed by atoms with Crippen LogP contribution in [0.1, 0.15) is 5.82 Å². The first-order valence-electron chi connectivity index (χ1n) is 8.56. The van der Waals surface area contributed by atoms with Crippen LogP contribution in [-0.4, -0.2) is 50.5 Å². The lowest BCUT2D eigenvalue weighted by Crippen LogP contribution is -2.36. The molecule has 1 saturated heterocycles. The average molecular weight is 371 g/mol. The van der Waals surface area contributed by atoms with E-state index in [2.05, 4.69) is 26.6 Å². The lowest BCUT2D eigenvalue weighted by atomic mass is 10.2. The number of hydrogen-bond donors (Lipinski definition) is 0. The van der Waals surface area contributed by atoms with Gasteiger partial charge in [0.25, 0.3) is 0 Å². The first-order valence-corrected chi connectivity index (χ1v) is 10.4. The number of nitrogens with zero attached hydrogens (tertiary/aromatic N) is 3. The van der Waals surface area contributed by atoms with Crippen molar-refractivity contribution in [3.05, 3.63) is 48.3 Å². The van der Waals surface area contributed by atoms with E-state index in [1.54, 1.807) is 12.1 Å². The van der Waals surface area contributed by atoms with Gasteiger partial charge in [0.05, 0.1) is 29.1 Å². The van der Waals surface area contributed by atoms with Crippen molar-refractivity contribution in [1.29, 1.82) is 0 Å². The molecule has 0 unspecified atom stereocenters. The van der Waals surface area contributed by atoms with Crippen molar-refractivity contribution in [2.75, 3.05) is 37.5 Å². The molecule has 2 heterocycles. The van der Waals surface area contributed by atoms with E-state index in [1.165, 1.54) is 6.26 Å². The number of sulfone groups is 1. The van der Waals surface area contributed by atoms with Gasteiger partial charge in [0.1, 0.15) is 5.82 Å². The summed E-state index contributed by atoms with van der Waals surface area (Å²) in [7, 11) is -3.21. The SMILES string of the molecule is Cc1nc2ccc(N3CCOCC3)cc2n1-c1ccc(S(C)(=O)=O)cc1. The number of aryl methyl sites for hydroxylation is 1. The molecule has 0 atom stereocenters. The molecule has 0 saturated carbocycles. The van der Waals surface area contributed by atoms with Crippen LogP contribution in [0, 0.1) is 6.92 Å². The largest absolute Gasteiger partial charge is 0.378 e. The predicted molar refractivity (Wildman–Crippen MR) is 102 cm³/mol. The minimum absolute atomic E-state index is 0.317. The van der Waals surface area contributed by atoms with Crippen molar-refractivity contribution >= 4 is 26.6 Å². The second-order valence-electron chi connectivity index (χ2n) is 6.53. The fourth-order valence-electron chi connectivity index (χ4n) is 3.37. The van der Waals surface area contributed by atoms with Gasteiger partial charge in [-0.15, -0.1) is 0 Å². The van der Waals surface area contributed by atoms with Gasteiger partial charge in [-0.25, -0.2) is 13.4 Å². The highest BCUT2D eigenvalue weighted by atomic mass is 32.2. The summed E-state index contributed by atoms with van der Waals surface area (Å²) in [6.07, 6.45) is 1.22. The number of rotatable bonds is 3. The molecular weight excluding hydrogens is 350 g/mol. The molecule has 0 amide bonds. The normalized spacial score (nSPS) is 15.5. The third-order valence-electron chi connectivity index (χ3n) is 4.71. The van der Waals surface area contributed by atoms with Crippen LogP contribution in [0.3, 0.4) is 0 Å². The number of fused-ring (bicyclic) bond motifs is 1. The topological polar surface area (TPSA) is 64.4 Å². The first-order chi connectivity index (χ1) is 12.4. The fourth-order valence-corrected chi connectivity index (χ4v) is 4.00. The van der Waals surface area contributed by atoms with Crippen LogP contribution in [0.25, 0.3) is 16.7 Å². The number of benzene rings is 2. The van der Waals surface area contributed by atoms with Crippen LogP contribution in [0.4, 0.5) is 5.69 Å². The maximum atomic E-state index is 11.7. The molecule has 1 aromatic heterocycles. The van der Waals surface area contributed by atoms with Crippen molar-refractivity contribution < 1.29 is 13.2 Å². The third-order valence-corrected chi connectivity index (χ3v) is 5.83. The summed E-state index contributed by atoms with van der Waals surface area (Å²) in [5.74, 6) is 0.867. The van der Waals surface area contributed by atoms with Crippen molar-refractivity contribution in [3.8, 4) is 5.69 Å². The van der Waals surface area contributed by atoms with Crippen molar-refractivity contribution in [2.24, 2.45) is 0 Å². The Morgan fingerprint density at radius 2 is 1.65 bits per heavy atom. The van der Waals surface area contributed by atoms with E-state index < -0.39 is 9.84 Å². The molecule has 3 aromatic rings. The van der Waals surface area contributed by atoms with Crippen molar-refractivity contribution in [1.82, 2.24) is 9.55 Å². The number of hydrogen-bond acceptors (Lipinski definition) is 5. The number of imidazole rings is 1. The Labute approximate surface area is 152 Å². The number of aromatic nitrogens is 2. The summed E-state index contributed by atoms with van der Waals surface area (Å²) in [6, 6.07) is 13.2. The molecule has 0 radical (unpaired) electrons. The Bertz CT molecular complexity index is 1050. The fraction of sp³-hybridized carbons (Fsp3) is 0.316. The molecule has 1 fully saturated rings. The molecule has 7 heteroatoms. The third kappa shape index (κ3) is 3.08. The van der Waals surface area contributed by atoms with Gasteiger partial charge in [0.15, 0.2) is 9.84 Å². The van der Waals surface area contributed by atoms with Crippen LogP contribution in [-0.2, 0) is 14.6 Å². The van der Waals surface area contributed by atoms with Gasteiger partial charge in [0.2, 0.25) is 0 Å². The zero-order valence-electron chi connectivity index (χ0n) is 14.8. The minimum atomic E-state index is -3.21. The van der Waals surface area contributed by atoms with Gasteiger partial charge in [-0.2, -0.15) is 0 Å². The molecule has 0 bridgehead atoms. The summed E-state index contributed by atoms with van der Waals surface area (Å²) in [5, 5.41) is 0. The van der Waals surface area contributed by atoms with Crippen molar-refractivity contribution in [2.45, 2.75) is 11.8 Å². The van der Waals surface area contributed by atoms with Crippen LogP contribution in [0.2, 0.25) is 0 Å². The molecule has 1 aliphatic heterocycles. The van der Waals surface area contributed by atoms with Crippen LogP contribution in [0.15, 0.2) is 47.4 Å². The summed E-state index contributed by atoms with van der Waals surface area (Å²) >= 11 is 0. The highest BCUT2D eigenvalue weighted by molar-refractivity contribution is 7.90. The number of morpholine rings is 1. The Kier molecular flexibility index (Phi) is 4.20.